The molecular formula is C15H17N3O4S. The molecule has 23 heavy (non-hydrogen) atoms. The Kier molecular flexibility index (Phi) is 6.04. The Bertz CT molecular complexity index is 600. The quantitative estimate of drug-likeness (QED) is 0.825. The third kappa shape index (κ3) is 5.03. The lowest BCUT2D eigenvalue weighted by Gasteiger charge is -2.12. The maximum absolute atomic E-state index is 11.6. The summed E-state index contributed by atoms with van der Waals surface area (Å²) in [5.74, 6) is 0.717. The molecule has 1 aromatic rings. The predicted molar refractivity (Wildman–Crippen MR) is 88.1 cm³/mol. The van der Waals surface area contributed by atoms with Crippen molar-refractivity contribution in [2.45, 2.75) is 0 Å². The minimum absolute atomic E-state index is 0.176. The zero-order valence-corrected chi connectivity index (χ0v) is 13.4. The Balaban J connectivity index is 1.69. The van der Waals surface area contributed by atoms with E-state index in [-0.39, 0.29) is 30.0 Å². The molecule has 0 spiro atoms. The number of ether oxygens (including phenoxy) is 1. The van der Waals surface area contributed by atoms with Crippen molar-refractivity contribution in [3.05, 3.63) is 36.0 Å². The largest absolute Gasteiger partial charge is 0.497 e. The van der Waals surface area contributed by atoms with Gasteiger partial charge in [0.25, 0.3) is 5.24 Å². The van der Waals surface area contributed by atoms with Gasteiger partial charge in [0, 0.05) is 19.3 Å². The van der Waals surface area contributed by atoms with Gasteiger partial charge < -0.3 is 15.4 Å². The maximum Gasteiger partial charge on any atom is 0.318 e. The molecule has 122 valence electrons. The Morgan fingerprint density at radius 1 is 1.35 bits per heavy atom. The number of imide groups is 1. The lowest BCUT2D eigenvalue weighted by atomic mass is 10.2. The summed E-state index contributed by atoms with van der Waals surface area (Å²) in [7, 11) is 1.60. The van der Waals surface area contributed by atoms with Crippen molar-refractivity contribution >= 4 is 35.0 Å². The first kappa shape index (κ1) is 16.9. The standard InChI is InChI=1S/C15H17N3O4S/c1-22-12-4-2-11(3-5-12)6-7-16-14(20)17-8-9-18-13(19)10-23-15(18)21/h2-7H,8-10H2,1H3,(H2,16,17,20)/b7-6+. The predicted octanol–water partition coefficient (Wildman–Crippen LogP) is 1.66. The van der Waals surface area contributed by atoms with Crippen LogP contribution in [0.15, 0.2) is 30.5 Å². The van der Waals surface area contributed by atoms with Crippen LogP contribution in [0, 0.1) is 0 Å². The minimum Gasteiger partial charge on any atom is -0.497 e. The van der Waals surface area contributed by atoms with Crippen molar-refractivity contribution in [2.24, 2.45) is 0 Å². The van der Waals surface area contributed by atoms with Gasteiger partial charge in [0.05, 0.1) is 12.9 Å². The molecule has 2 N–H and O–H groups in total. The van der Waals surface area contributed by atoms with Crippen LogP contribution < -0.4 is 15.4 Å². The van der Waals surface area contributed by atoms with E-state index >= 15 is 0 Å². The molecule has 1 fully saturated rings. The summed E-state index contributed by atoms with van der Waals surface area (Å²) in [5, 5.41) is 4.86. The van der Waals surface area contributed by atoms with Crippen LogP contribution in [0.1, 0.15) is 5.56 Å². The fourth-order valence-electron chi connectivity index (χ4n) is 1.86. The highest BCUT2D eigenvalue weighted by Crippen LogP contribution is 2.17. The normalized spacial score (nSPS) is 14.4. The van der Waals surface area contributed by atoms with E-state index in [4.69, 9.17) is 4.74 Å². The van der Waals surface area contributed by atoms with E-state index in [1.807, 2.05) is 24.3 Å². The molecule has 0 aliphatic carbocycles. The molecule has 1 saturated heterocycles. The van der Waals surface area contributed by atoms with Crippen LogP contribution in [0.3, 0.4) is 0 Å². The topological polar surface area (TPSA) is 87.7 Å². The van der Waals surface area contributed by atoms with Crippen molar-refractivity contribution in [2.75, 3.05) is 26.0 Å². The van der Waals surface area contributed by atoms with Crippen molar-refractivity contribution in [3.63, 3.8) is 0 Å². The summed E-state index contributed by atoms with van der Waals surface area (Å²) < 4.78 is 5.06. The van der Waals surface area contributed by atoms with Gasteiger partial charge in [-0.25, -0.2) is 4.79 Å². The number of thioether (sulfide) groups is 1. The third-order valence-electron chi connectivity index (χ3n) is 3.07. The SMILES string of the molecule is COc1ccc(/C=C/NC(=O)NCCN2C(=O)CSC2=O)cc1. The summed E-state index contributed by atoms with van der Waals surface area (Å²) in [5.41, 5.74) is 0.913. The summed E-state index contributed by atoms with van der Waals surface area (Å²) in [6.45, 7) is 0.389. The van der Waals surface area contributed by atoms with E-state index in [9.17, 15) is 14.4 Å². The number of benzene rings is 1. The molecule has 0 saturated carbocycles. The highest BCUT2D eigenvalue weighted by molar-refractivity contribution is 8.14. The van der Waals surface area contributed by atoms with Crippen LogP contribution in [-0.2, 0) is 4.79 Å². The number of nitrogens with one attached hydrogen (secondary N) is 2. The van der Waals surface area contributed by atoms with Crippen LogP contribution in [0.25, 0.3) is 6.08 Å². The van der Waals surface area contributed by atoms with E-state index in [2.05, 4.69) is 10.6 Å². The summed E-state index contributed by atoms with van der Waals surface area (Å²) in [4.78, 5) is 35.4. The van der Waals surface area contributed by atoms with Gasteiger partial charge >= 0.3 is 6.03 Å². The molecule has 0 radical (unpaired) electrons. The number of hydrogen-bond donors (Lipinski definition) is 2. The molecule has 0 aromatic heterocycles. The van der Waals surface area contributed by atoms with Crippen molar-refractivity contribution in [1.82, 2.24) is 15.5 Å². The maximum atomic E-state index is 11.6. The molecule has 1 aromatic carbocycles. The number of hydrogen-bond acceptors (Lipinski definition) is 5. The van der Waals surface area contributed by atoms with Gasteiger partial charge in [-0.1, -0.05) is 23.9 Å². The lowest BCUT2D eigenvalue weighted by Crippen LogP contribution is -2.40. The molecule has 0 atom stereocenters. The lowest BCUT2D eigenvalue weighted by molar-refractivity contribution is -0.124. The Hall–Kier alpha value is -2.48. The molecule has 7 nitrogen and oxygen atoms in total. The van der Waals surface area contributed by atoms with Gasteiger partial charge in [-0.05, 0) is 23.8 Å². The van der Waals surface area contributed by atoms with Crippen molar-refractivity contribution < 1.29 is 19.1 Å². The summed E-state index contributed by atoms with van der Waals surface area (Å²) in [6, 6.07) is 6.96. The van der Waals surface area contributed by atoms with Crippen molar-refractivity contribution in [1.29, 1.82) is 0 Å². The fourth-order valence-corrected chi connectivity index (χ4v) is 2.61. The number of methoxy groups -OCH3 is 1. The highest BCUT2D eigenvalue weighted by atomic mass is 32.2. The first-order chi connectivity index (χ1) is 11.1. The molecular weight excluding hydrogens is 318 g/mol. The summed E-state index contributed by atoms with van der Waals surface area (Å²) >= 11 is 0.975. The Labute approximate surface area is 138 Å². The van der Waals surface area contributed by atoms with Crippen molar-refractivity contribution in [3.8, 4) is 5.75 Å². The average molecular weight is 335 g/mol. The van der Waals surface area contributed by atoms with Gasteiger partial charge in [-0.3, -0.25) is 14.5 Å². The Morgan fingerprint density at radius 2 is 2.09 bits per heavy atom. The minimum atomic E-state index is -0.401. The number of urea groups is 1. The monoisotopic (exact) mass is 335 g/mol. The average Bonchev–Trinajstić information content (AvgIpc) is 2.87. The van der Waals surface area contributed by atoms with E-state index < -0.39 is 6.03 Å². The number of rotatable bonds is 6. The van der Waals surface area contributed by atoms with E-state index in [0.717, 1.165) is 28.0 Å². The number of amides is 4. The van der Waals surface area contributed by atoms with Gasteiger partial charge in [-0.15, -0.1) is 0 Å². The van der Waals surface area contributed by atoms with E-state index in [1.54, 1.807) is 13.2 Å². The molecule has 1 aliphatic heterocycles. The first-order valence-corrected chi connectivity index (χ1v) is 7.91. The highest BCUT2D eigenvalue weighted by Gasteiger charge is 2.29. The Morgan fingerprint density at radius 3 is 2.70 bits per heavy atom. The van der Waals surface area contributed by atoms with Crippen LogP contribution in [0.5, 0.6) is 5.75 Å². The number of carbonyl (C=O) groups excluding carboxylic acids is 3. The smallest absolute Gasteiger partial charge is 0.318 e. The van der Waals surface area contributed by atoms with E-state index in [1.165, 1.54) is 6.20 Å². The zero-order chi connectivity index (χ0) is 16.7. The fraction of sp³-hybridized carbons (Fsp3) is 0.267. The molecule has 0 bridgehead atoms. The zero-order valence-electron chi connectivity index (χ0n) is 12.6. The second kappa shape index (κ2) is 8.23. The molecule has 8 heteroatoms. The van der Waals surface area contributed by atoms with Crippen LogP contribution in [-0.4, -0.2) is 48.0 Å². The summed E-state index contributed by atoms with van der Waals surface area (Å²) in [6.07, 6.45) is 3.25. The van der Waals surface area contributed by atoms with E-state index in [0.29, 0.717) is 0 Å². The number of nitrogens with zero attached hydrogens (tertiary/aromatic N) is 1. The number of carbonyl (C=O) groups is 3. The molecule has 4 amide bonds. The second-order valence-corrected chi connectivity index (χ2v) is 5.53. The van der Waals surface area contributed by atoms with Gasteiger partial charge in [-0.2, -0.15) is 0 Å². The molecule has 0 unspecified atom stereocenters. The van der Waals surface area contributed by atoms with Crippen LogP contribution >= 0.6 is 11.8 Å². The van der Waals surface area contributed by atoms with Gasteiger partial charge in [0.15, 0.2) is 0 Å². The first-order valence-electron chi connectivity index (χ1n) is 6.92. The molecule has 1 aliphatic rings. The van der Waals surface area contributed by atoms with Gasteiger partial charge in [0.1, 0.15) is 5.75 Å². The molecule has 1 heterocycles. The van der Waals surface area contributed by atoms with Crippen LogP contribution in [0.4, 0.5) is 9.59 Å². The second-order valence-electron chi connectivity index (χ2n) is 4.61. The third-order valence-corrected chi connectivity index (χ3v) is 3.93. The van der Waals surface area contributed by atoms with Gasteiger partial charge in [0.2, 0.25) is 5.91 Å². The molecule has 2 rings (SSSR count). The van der Waals surface area contributed by atoms with Crippen LogP contribution in [0.2, 0.25) is 0 Å².